The fourth-order valence-electron chi connectivity index (χ4n) is 9.16. The van der Waals surface area contributed by atoms with Crippen LogP contribution in [0.1, 0.15) is 112 Å². The van der Waals surface area contributed by atoms with Crippen molar-refractivity contribution in [1.82, 2.24) is 4.90 Å². The normalized spacial score (nSPS) is 39.6. The Labute approximate surface area is 221 Å². The molecule has 4 nitrogen and oxygen atoms in total. The fourth-order valence-corrected chi connectivity index (χ4v) is 9.16. The summed E-state index contributed by atoms with van der Waals surface area (Å²) in [4.78, 5) is 14.2. The van der Waals surface area contributed by atoms with Crippen LogP contribution in [0.5, 0.6) is 0 Å². The fraction of sp³-hybridized carbons (Fsp3) is 0.906. The van der Waals surface area contributed by atoms with E-state index in [9.17, 15) is 4.79 Å². The molecule has 0 radical (unpaired) electrons. The van der Waals surface area contributed by atoms with Gasteiger partial charge in [0.2, 0.25) is 0 Å². The minimum Gasteiger partial charge on any atom is -0.431 e. The Hall–Kier alpha value is -1.03. The molecule has 0 amide bonds. The lowest BCUT2D eigenvalue weighted by Crippen LogP contribution is -2.51. The van der Waals surface area contributed by atoms with Crippen molar-refractivity contribution in [2.24, 2.45) is 46.3 Å². The summed E-state index contributed by atoms with van der Waals surface area (Å²) in [5.74, 6) is 5.13. The number of ether oxygens (including phenoxy) is 2. The quantitative estimate of drug-likeness (QED) is 0.190. The second-order valence-electron chi connectivity index (χ2n) is 14.2. The van der Waals surface area contributed by atoms with E-state index in [4.69, 9.17) is 9.47 Å². The second-order valence-corrected chi connectivity index (χ2v) is 14.2. The van der Waals surface area contributed by atoms with Crippen molar-refractivity contribution in [2.75, 3.05) is 14.1 Å². The van der Waals surface area contributed by atoms with Crippen molar-refractivity contribution in [3.63, 3.8) is 0 Å². The summed E-state index contributed by atoms with van der Waals surface area (Å²) >= 11 is 0. The molecule has 4 heteroatoms. The lowest BCUT2D eigenvalue weighted by atomic mass is 9.47. The molecule has 9 atom stereocenters. The average Bonchev–Trinajstić information content (AvgIpc) is 3.16. The zero-order valence-corrected chi connectivity index (χ0v) is 24.6. The Bertz CT molecular complexity index is 805. The Morgan fingerprint density at radius 3 is 2.47 bits per heavy atom. The zero-order chi connectivity index (χ0) is 26.3. The first-order valence-corrected chi connectivity index (χ1v) is 15.2. The van der Waals surface area contributed by atoms with Crippen LogP contribution >= 0.6 is 0 Å². The molecule has 36 heavy (non-hydrogen) atoms. The van der Waals surface area contributed by atoms with E-state index in [1.807, 2.05) is 25.9 Å². The van der Waals surface area contributed by atoms with Crippen LogP contribution in [-0.2, 0) is 9.47 Å². The smallest absolute Gasteiger partial charge is 0.431 e. The van der Waals surface area contributed by atoms with Gasteiger partial charge < -0.3 is 9.47 Å². The van der Waals surface area contributed by atoms with Crippen LogP contribution in [0.2, 0.25) is 0 Å². The molecule has 0 N–H and O–H groups in total. The minimum atomic E-state index is -0.521. The summed E-state index contributed by atoms with van der Waals surface area (Å²) in [6.45, 7) is 14.4. The standard InChI is InChI=1S/C32H55NO3/c1-21(2)10-9-11-22(3)27-14-15-28-26-13-12-24-20-25(36-30(34)35-23(4)33(7)8)16-18-31(24,5)29(26)17-19-32(27,28)6/h12,21-23,25-29H,9-11,13-20H2,1-8H3/t22-,23?,25+,26+,27-,28+,29+,31+,32-/m1/s1. The maximum absolute atomic E-state index is 12.3. The largest absolute Gasteiger partial charge is 0.510 e. The van der Waals surface area contributed by atoms with Gasteiger partial charge in [0, 0.05) is 6.42 Å². The molecular formula is C32H55NO3. The van der Waals surface area contributed by atoms with E-state index in [1.165, 1.54) is 51.4 Å². The first-order valence-electron chi connectivity index (χ1n) is 15.2. The van der Waals surface area contributed by atoms with Gasteiger partial charge in [0.1, 0.15) is 6.10 Å². The lowest BCUT2D eigenvalue weighted by Gasteiger charge is -2.58. The third-order valence-corrected chi connectivity index (χ3v) is 11.5. The molecule has 0 aliphatic heterocycles. The Balaban J connectivity index is 1.40. The average molecular weight is 502 g/mol. The van der Waals surface area contributed by atoms with E-state index < -0.39 is 6.16 Å². The van der Waals surface area contributed by atoms with E-state index in [-0.39, 0.29) is 17.7 Å². The van der Waals surface area contributed by atoms with Crippen LogP contribution in [-0.4, -0.2) is 37.5 Å². The highest BCUT2D eigenvalue weighted by Crippen LogP contribution is 2.67. The maximum atomic E-state index is 12.3. The first-order chi connectivity index (χ1) is 17.0. The highest BCUT2D eigenvalue weighted by Gasteiger charge is 2.59. The van der Waals surface area contributed by atoms with E-state index >= 15 is 0 Å². The van der Waals surface area contributed by atoms with Crippen molar-refractivity contribution < 1.29 is 14.3 Å². The van der Waals surface area contributed by atoms with Crippen LogP contribution in [0.15, 0.2) is 11.6 Å². The number of carbonyl (C=O) groups excluding carboxylic acids is 1. The molecule has 4 aliphatic rings. The molecule has 206 valence electrons. The molecular weight excluding hydrogens is 446 g/mol. The number of allylic oxidation sites excluding steroid dienone is 1. The molecule has 0 heterocycles. The van der Waals surface area contributed by atoms with Crippen LogP contribution in [0.4, 0.5) is 4.79 Å². The van der Waals surface area contributed by atoms with Gasteiger partial charge in [-0.3, -0.25) is 4.90 Å². The van der Waals surface area contributed by atoms with Gasteiger partial charge in [-0.2, -0.15) is 0 Å². The molecule has 3 fully saturated rings. The van der Waals surface area contributed by atoms with Crippen LogP contribution in [0.3, 0.4) is 0 Å². The van der Waals surface area contributed by atoms with E-state index in [2.05, 4.69) is 40.7 Å². The minimum absolute atomic E-state index is 0.0425. The predicted octanol–water partition coefficient (Wildman–Crippen LogP) is 8.46. The molecule has 0 saturated heterocycles. The Morgan fingerprint density at radius 2 is 1.78 bits per heavy atom. The van der Waals surface area contributed by atoms with E-state index in [1.54, 1.807) is 5.57 Å². The summed E-state index contributed by atoms with van der Waals surface area (Å²) in [5.41, 5.74) is 2.38. The van der Waals surface area contributed by atoms with Gasteiger partial charge in [-0.05, 0) is 112 Å². The second kappa shape index (κ2) is 11.0. The zero-order valence-electron chi connectivity index (χ0n) is 24.6. The van der Waals surface area contributed by atoms with Crippen molar-refractivity contribution in [2.45, 2.75) is 125 Å². The summed E-state index contributed by atoms with van der Waals surface area (Å²) < 4.78 is 11.2. The monoisotopic (exact) mass is 501 g/mol. The molecule has 0 aromatic heterocycles. The molecule has 3 saturated carbocycles. The van der Waals surface area contributed by atoms with Gasteiger partial charge in [0.15, 0.2) is 6.23 Å². The molecule has 0 bridgehead atoms. The van der Waals surface area contributed by atoms with Crippen LogP contribution in [0, 0.1) is 46.3 Å². The number of nitrogens with zero attached hydrogens (tertiary/aromatic N) is 1. The van der Waals surface area contributed by atoms with Crippen molar-refractivity contribution in [3.8, 4) is 0 Å². The van der Waals surface area contributed by atoms with Gasteiger partial charge in [-0.1, -0.05) is 65.5 Å². The SMILES string of the molecule is CC(C)CCC[C@@H](C)[C@H]1CC[C@H]2[C@@H]3CC=C4C[C@@H](OC(=O)OC(C)N(C)C)CC[C@]4(C)[C@H]3CC[C@]12C. The molecule has 4 aliphatic carbocycles. The number of rotatable bonds is 8. The van der Waals surface area contributed by atoms with Crippen molar-refractivity contribution in [3.05, 3.63) is 11.6 Å². The Morgan fingerprint density at radius 1 is 1.03 bits per heavy atom. The molecule has 4 rings (SSSR count). The maximum Gasteiger partial charge on any atom is 0.510 e. The summed E-state index contributed by atoms with van der Waals surface area (Å²) in [6, 6.07) is 0. The number of fused-ring (bicyclic) bond motifs is 5. The molecule has 0 spiro atoms. The number of hydrogen-bond acceptors (Lipinski definition) is 4. The van der Waals surface area contributed by atoms with Gasteiger partial charge in [0.25, 0.3) is 0 Å². The van der Waals surface area contributed by atoms with Crippen LogP contribution in [0.25, 0.3) is 0 Å². The van der Waals surface area contributed by atoms with Crippen LogP contribution < -0.4 is 0 Å². The summed E-state index contributed by atoms with van der Waals surface area (Å²) in [7, 11) is 3.81. The predicted molar refractivity (Wildman–Crippen MR) is 148 cm³/mol. The third-order valence-electron chi connectivity index (χ3n) is 11.5. The van der Waals surface area contributed by atoms with Gasteiger partial charge in [0.05, 0.1) is 0 Å². The van der Waals surface area contributed by atoms with E-state index in [0.29, 0.717) is 5.41 Å². The molecule has 0 aromatic rings. The lowest BCUT2D eigenvalue weighted by molar-refractivity contribution is -0.0692. The number of hydrogen-bond donors (Lipinski definition) is 0. The van der Waals surface area contributed by atoms with E-state index in [0.717, 1.165) is 54.8 Å². The topological polar surface area (TPSA) is 38.8 Å². The van der Waals surface area contributed by atoms with Gasteiger partial charge in [-0.15, -0.1) is 0 Å². The van der Waals surface area contributed by atoms with Crippen molar-refractivity contribution >= 4 is 6.16 Å². The molecule has 0 aromatic carbocycles. The Kier molecular flexibility index (Phi) is 8.54. The third kappa shape index (κ3) is 5.40. The first kappa shape index (κ1) is 28.0. The number of carbonyl (C=O) groups is 1. The van der Waals surface area contributed by atoms with Gasteiger partial charge >= 0.3 is 6.16 Å². The highest BCUT2D eigenvalue weighted by atomic mass is 16.7. The summed E-state index contributed by atoms with van der Waals surface area (Å²) in [5, 5.41) is 0. The molecule has 1 unspecified atom stereocenters. The summed E-state index contributed by atoms with van der Waals surface area (Å²) in [6.07, 6.45) is 15.8. The van der Waals surface area contributed by atoms with Crippen molar-refractivity contribution in [1.29, 1.82) is 0 Å². The van der Waals surface area contributed by atoms with Gasteiger partial charge in [-0.25, -0.2) is 4.79 Å². The highest BCUT2D eigenvalue weighted by molar-refractivity contribution is 5.60.